The van der Waals surface area contributed by atoms with E-state index in [9.17, 15) is 0 Å². The largest absolute Gasteiger partial charge is 0.147 e. The maximum absolute atomic E-state index is 2.45. The van der Waals surface area contributed by atoms with E-state index in [1.54, 1.807) is 16.7 Å². The first-order chi connectivity index (χ1) is 5.61. The fourth-order valence-electron chi connectivity index (χ4n) is 2.52. The molecule has 4 heteroatoms. The van der Waals surface area contributed by atoms with E-state index in [1.807, 2.05) is 0 Å². The Hall–Kier alpha value is 1.06. The standard InChI is InChI=1S/C11H15.3ClH.Ti/c1-8-7-9(2)11-6-4-3-5-10(8)11;;;;/h7H,3-6H2,1-2H3;3*1H;. The normalized spacial score (nSPS) is 27.9. The van der Waals surface area contributed by atoms with Gasteiger partial charge in [-0.05, 0) is 0 Å². The summed E-state index contributed by atoms with van der Waals surface area (Å²) < 4.78 is 0.375. The number of halogens is 3. The molecule has 1 atom stereocenters. The zero-order valence-electron chi connectivity index (χ0n) is 9.13. The molecule has 0 saturated heterocycles. The van der Waals surface area contributed by atoms with Crippen LogP contribution < -0.4 is 0 Å². The van der Waals surface area contributed by atoms with E-state index in [-0.39, 0.29) is 37.2 Å². The van der Waals surface area contributed by atoms with Gasteiger partial charge in [-0.2, -0.15) is 0 Å². The van der Waals surface area contributed by atoms with E-state index in [1.165, 1.54) is 25.7 Å². The number of rotatable bonds is 0. The van der Waals surface area contributed by atoms with Crippen LogP contribution in [0.5, 0.6) is 0 Å². The predicted octanol–water partition coefficient (Wildman–Crippen LogP) is 4.81. The van der Waals surface area contributed by atoms with E-state index >= 15 is 0 Å². The number of hydrogen-bond donors (Lipinski definition) is 0. The van der Waals surface area contributed by atoms with Gasteiger partial charge in [0.25, 0.3) is 0 Å². The number of hydrogen-bond acceptors (Lipinski definition) is 0. The molecule has 1 unspecified atom stereocenters. The Labute approximate surface area is 123 Å². The van der Waals surface area contributed by atoms with Gasteiger partial charge in [0.1, 0.15) is 0 Å². The molecule has 15 heavy (non-hydrogen) atoms. The summed E-state index contributed by atoms with van der Waals surface area (Å²) in [7, 11) is 0. The first kappa shape index (κ1) is 18.4. The van der Waals surface area contributed by atoms with Gasteiger partial charge in [0, 0.05) is 0 Å². The summed E-state index contributed by atoms with van der Waals surface area (Å²) >= 11 is 2.35. The molecular weight excluding hydrogens is 286 g/mol. The first-order valence-corrected chi connectivity index (χ1v) is 5.57. The molecule has 2 aliphatic rings. The van der Waals surface area contributed by atoms with Crippen LogP contribution in [-0.2, 0) is 20.4 Å². The molecular formula is C11H18Cl3Ti. The van der Waals surface area contributed by atoms with Crippen molar-refractivity contribution in [2.75, 3.05) is 0 Å². The predicted molar refractivity (Wildman–Crippen MR) is 69.4 cm³/mol. The van der Waals surface area contributed by atoms with Gasteiger partial charge in [0.2, 0.25) is 0 Å². The minimum Gasteiger partial charge on any atom is -0.147 e. The Bertz CT molecular complexity index is 280. The monoisotopic (exact) mass is 303 g/mol. The molecule has 0 radical (unpaired) electrons. The van der Waals surface area contributed by atoms with Crippen LogP contribution in [-0.4, -0.2) is 0 Å². The van der Waals surface area contributed by atoms with Crippen molar-refractivity contribution in [1.29, 1.82) is 0 Å². The van der Waals surface area contributed by atoms with E-state index < -0.39 is 0 Å². The van der Waals surface area contributed by atoms with Gasteiger partial charge in [-0.3, -0.25) is 0 Å². The van der Waals surface area contributed by atoms with E-state index in [4.69, 9.17) is 0 Å². The fourth-order valence-corrected chi connectivity index (χ4v) is 3.29. The molecule has 0 nitrogen and oxygen atoms in total. The molecule has 0 amide bonds. The molecule has 0 fully saturated rings. The van der Waals surface area contributed by atoms with Gasteiger partial charge in [-0.25, -0.2) is 0 Å². The molecule has 0 aromatic carbocycles. The van der Waals surface area contributed by atoms with Gasteiger partial charge >= 0.3 is 86.5 Å². The second-order valence-corrected chi connectivity index (χ2v) is 5.82. The van der Waals surface area contributed by atoms with Crippen LogP contribution in [0.3, 0.4) is 0 Å². The van der Waals surface area contributed by atoms with E-state index in [2.05, 4.69) is 40.4 Å². The molecule has 2 aliphatic carbocycles. The Morgan fingerprint density at radius 1 is 1.13 bits per heavy atom. The average Bonchev–Trinajstić information content (AvgIpc) is 2.25. The second kappa shape index (κ2) is 6.72. The quantitative estimate of drug-likeness (QED) is 0.564. The summed E-state index contributed by atoms with van der Waals surface area (Å²) in [6.07, 6.45) is 7.93. The van der Waals surface area contributed by atoms with Crippen molar-refractivity contribution in [2.45, 2.75) is 43.3 Å². The zero-order valence-corrected chi connectivity index (χ0v) is 13.1. The Balaban J connectivity index is 0. The number of allylic oxidation sites excluding steroid dienone is 4. The Morgan fingerprint density at radius 2 is 1.67 bits per heavy atom. The van der Waals surface area contributed by atoms with E-state index in [0.717, 1.165) is 0 Å². The van der Waals surface area contributed by atoms with Crippen molar-refractivity contribution in [3.8, 4) is 0 Å². The second-order valence-electron chi connectivity index (χ2n) is 4.19. The molecule has 0 aromatic rings. The zero-order chi connectivity index (χ0) is 8.77. The minimum atomic E-state index is 0. The summed E-state index contributed by atoms with van der Waals surface area (Å²) in [5.41, 5.74) is 4.97. The van der Waals surface area contributed by atoms with Crippen LogP contribution in [0.1, 0.15) is 39.5 Å². The molecule has 87 valence electrons. The Kier molecular flexibility index (Phi) is 8.25. The van der Waals surface area contributed by atoms with Crippen LogP contribution in [0.15, 0.2) is 22.8 Å². The molecule has 0 heterocycles. The van der Waals surface area contributed by atoms with Crippen LogP contribution in [0, 0.1) is 0 Å². The maximum Gasteiger partial charge on any atom is -0.147 e. The van der Waals surface area contributed by atoms with Crippen molar-refractivity contribution >= 4 is 37.2 Å². The molecule has 0 saturated carbocycles. The molecule has 2 rings (SSSR count). The topological polar surface area (TPSA) is 0 Å². The van der Waals surface area contributed by atoms with Crippen LogP contribution in [0.4, 0.5) is 0 Å². The Morgan fingerprint density at radius 3 is 2.20 bits per heavy atom. The minimum absolute atomic E-state index is 0. The SMILES string of the molecule is CC1=C[C](C)([Ti])C2=C1CCCC2.Cl.Cl.Cl. The van der Waals surface area contributed by atoms with Crippen molar-refractivity contribution in [2.24, 2.45) is 0 Å². The third kappa shape index (κ3) is 3.51. The summed E-state index contributed by atoms with van der Waals surface area (Å²) in [4.78, 5) is 0. The van der Waals surface area contributed by atoms with Gasteiger partial charge in [-0.1, -0.05) is 0 Å². The fraction of sp³-hybridized carbons (Fsp3) is 0.636. The van der Waals surface area contributed by atoms with Crippen molar-refractivity contribution < 1.29 is 20.4 Å². The smallest absolute Gasteiger partial charge is 0.147 e. The molecule has 0 bridgehead atoms. The van der Waals surface area contributed by atoms with Gasteiger partial charge in [-0.15, -0.1) is 37.2 Å². The van der Waals surface area contributed by atoms with E-state index in [0.29, 0.717) is 3.72 Å². The average molecular weight is 304 g/mol. The van der Waals surface area contributed by atoms with Crippen LogP contribution >= 0.6 is 37.2 Å². The maximum atomic E-state index is 2.45. The third-order valence-electron chi connectivity index (χ3n) is 3.08. The summed E-state index contributed by atoms with van der Waals surface area (Å²) in [5, 5.41) is 0. The van der Waals surface area contributed by atoms with Crippen LogP contribution in [0.25, 0.3) is 0 Å². The summed E-state index contributed by atoms with van der Waals surface area (Å²) in [6, 6.07) is 0. The van der Waals surface area contributed by atoms with Gasteiger partial charge < -0.3 is 0 Å². The van der Waals surface area contributed by atoms with Crippen molar-refractivity contribution in [3.05, 3.63) is 22.8 Å². The van der Waals surface area contributed by atoms with Crippen molar-refractivity contribution in [1.82, 2.24) is 0 Å². The molecule has 0 aromatic heterocycles. The first-order valence-electron chi connectivity index (χ1n) is 4.78. The van der Waals surface area contributed by atoms with Crippen molar-refractivity contribution in [3.63, 3.8) is 0 Å². The molecule has 0 spiro atoms. The molecule has 0 aliphatic heterocycles. The third-order valence-corrected chi connectivity index (χ3v) is 3.77. The van der Waals surface area contributed by atoms with Crippen LogP contribution in [0.2, 0.25) is 3.72 Å². The van der Waals surface area contributed by atoms with Gasteiger partial charge in [0.05, 0.1) is 0 Å². The van der Waals surface area contributed by atoms with Gasteiger partial charge in [0.15, 0.2) is 0 Å². The summed E-state index contributed by atoms with van der Waals surface area (Å²) in [5.74, 6) is 0. The summed E-state index contributed by atoms with van der Waals surface area (Å²) in [6.45, 7) is 4.62. The molecule has 0 N–H and O–H groups in total.